The molecule has 1 saturated carbocycles. The quantitative estimate of drug-likeness (QED) is 0.448. The second-order valence-electron chi connectivity index (χ2n) is 7.18. The highest BCUT2D eigenvalue weighted by Gasteiger charge is 2.90. The molecule has 5 nitrogen and oxygen atoms in total. The van der Waals surface area contributed by atoms with Gasteiger partial charge in [-0.2, -0.15) is 5.06 Å². The fourth-order valence-electron chi connectivity index (χ4n) is 5.53. The zero-order chi connectivity index (χ0) is 19.0. The number of rotatable bonds is 2. The second kappa shape index (κ2) is 5.17. The van der Waals surface area contributed by atoms with Crippen molar-refractivity contribution < 1.29 is 19.2 Å². The van der Waals surface area contributed by atoms with Crippen LogP contribution < -0.4 is 0 Å². The predicted molar refractivity (Wildman–Crippen MR) is 96.4 cm³/mol. The summed E-state index contributed by atoms with van der Waals surface area (Å²) in [5.74, 6) is -3.50. The van der Waals surface area contributed by atoms with Crippen LogP contribution in [0.25, 0.3) is 0 Å². The number of carbonyl (C=O) groups excluding carboxylic acids is 2. The lowest BCUT2D eigenvalue weighted by Crippen LogP contribution is -2.50. The molecule has 0 unspecified atom stereocenters. The minimum Gasteiger partial charge on any atom is -0.373 e. The number of nitrogens with zero attached hydrogens (tertiary/aromatic N) is 1. The molecule has 0 radical (unpaired) electrons. The average molecular weight is 482 g/mol. The van der Waals surface area contributed by atoms with Crippen molar-refractivity contribution >= 4 is 81.4 Å². The molecule has 142 valence electrons. The van der Waals surface area contributed by atoms with Crippen LogP contribution in [0.1, 0.15) is 6.92 Å². The van der Waals surface area contributed by atoms with Crippen LogP contribution in [0.2, 0.25) is 0 Å². The highest BCUT2D eigenvalue weighted by atomic mass is 35.5. The van der Waals surface area contributed by atoms with Crippen molar-refractivity contribution in [3.63, 3.8) is 0 Å². The zero-order valence-corrected chi connectivity index (χ0v) is 17.6. The van der Waals surface area contributed by atoms with E-state index in [9.17, 15) is 9.59 Å². The van der Waals surface area contributed by atoms with Crippen LogP contribution in [-0.2, 0) is 19.2 Å². The molecule has 0 aromatic carbocycles. The Balaban J connectivity index is 1.66. The summed E-state index contributed by atoms with van der Waals surface area (Å²) in [6.07, 6.45) is -1.41. The first-order chi connectivity index (χ1) is 12.1. The number of amides is 2. The molecule has 3 heterocycles. The lowest BCUT2D eigenvalue weighted by atomic mass is 9.65. The van der Waals surface area contributed by atoms with Gasteiger partial charge in [-0.3, -0.25) is 14.4 Å². The maximum atomic E-state index is 12.8. The summed E-state index contributed by atoms with van der Waals surface area (Å²) in [5, 5.41) is 0.940. The van der Waals surface area contributed by atoms with Crippen molar-refractivity contribution in [3.8, 4) is 0 Å². The summed E-state index contributed by atoms with van der Waals surface area (Å²) in [6.45, 7) is 1.87. The number of hydroxylamine groups is 2. The van der Waals surface area contributed by atoms with Gasteiger partial charge in [-0.05, 0) is 6.92 Å². The Bertz CT molecular complexity index is 745. The second-order valence-corrected chi connectivity index (χ2v) is 10.5. The van der Waals surface area contributed by atoms with Gasteiger partial charge >= 0.3 is 0 Å². The molecule has 26 heavy (non-hydrogen) atoms. The minimum atomic E-state index is -1.71. The monoisotopic (exact) mass is 479 g/mol. The van der Waals surface area contributed by atoms with Crippen molar-refractivity contribution in [2.75, 3.05) is 6.61 Å². The average Bonchev–Trinajstić information content (AvgIpc) is 3.28. The standard InChI is InChI=1S/C15H11Cl6NO4/c1-2-25-22-11(23)3-4(12(22)24)8-6-5(7(3)26-8)13(18)9(16)10(17)14(6,19)15(13,20)21/h3-8H,2H2,1H3/t3-,4-,5+,6+,7+,8+,13-,14-/m1/s1. The number of imide groups is 1. The lowest BCUT2D eigenvalue weighted by molar-refractivity contribution is -0.191. The van der Waals surface area contributed by atoms with Crippen molar-refractivity contribution in [3.05, 3.63) is 10.1 Å². The van der Waals surface area contributed by atoms with Crippen molar-refractivity contribution in [2.24, 2.45) is 23.7 Å². The number of allylic oxidation sites excluding steroid dienone is 2. The third kappa shape index (κ3) is 1.55. The molecule has 0 aromatic rings. The smallest absolute Gasteiger partial charge is 0.260 e. The number of ether oxygens (including phenoxy) is 1. The van der Waals surface area contributed by atoms with Gasteiger partial charge in [0.05, 0.1) is 40.7 Å². The van der Waals surface area contributed by atoms with E-state index in [2.05, 4.69) is 0 Å². The molecule has 0 spiro atoms. The van der Waals surface area contributed by atoms with Crippen molar-refractivity contribution in [1.29, 1.82) is 0 Å². The first-order valence-electron chi connectivity index (χ1n) is 8.04. The van der Waals surface area contributed by atoms with Crippen LogP contribution >= 0.6 is 69.6 Å². The number of halogens is 6. The fraction of sp³-hybridized carbons (Fsp3) is 0.733. The van der Waals surface area contributed by atoms with Gasteiger partial charge in [0.25, 0.3) is 11.8 Å². The third-order valence-corrected chi connectivity index (χ3v) is 10.7. The molecule has 11 heteroatoms. The summed E-state index contributed by atoms with van der Waals surface area (Å²) < 4.78 is 4.31. The van der Waals surface area contributed by atoms with Gasteiger partial charge in [0, 0.05) is 11.8 Å². The van der Waals surface area contributed by atoms with Gasteiger partial charge in [-0.1, -0.05) is 46.4 Å². The largest absolute Gasteiger partial charge is 0.373 e. The summed E-state index contributed by atoms with van der Waals surface area (Å²) in [4.78, 5) is 27.7. The van der Waals surface area contributed by atoms with Crippen LogP contribution in [0, 0.1) is 23.7 Å². The van der Waals surface area contributed by atoms with Crippen molar-refractivity contribution in [1.82, 2.24) is 5.06 Å². The van der Waals surface area contributed by atoms with E-state index >= 15 is 0 Å². The molecule has 8 atom stereocenters. The Labute approximate surface area is 178 Å². The lowest BCUT2D eigenvalue weighted by Gasteiger charge is -2.39. The van der Waals surface area contributed by atoms with E-state index in [4.69, 9.17) is 79.2 Å². The summed E-state index contributed by atoms with van der Waals surface area (Å²) in [7, 11) is 0. The molecule has 5 aliphatic rings. The molecule has 3 saturated heterocycles. The molecule has 4 bridgehead atoms. The maximum Gasteiger partial charge on any atom is 0.260 e. The molecule has 0 aromatic heterocycles. The maximum absolute atomic E-state index is 12.8. The van der Waals surface area contributed by atoms with E-state index in [1.807, 2.05) is 0 Å². The van der Waals surface area contributed by atoms with Gasteiger partial charge < -0.3 is 4.74 Å². The Morgan fingerprint density at radius 1 is 0.962 bits per heavy atom. The number of hydrogen-bond acceptors (Lipinski definition) is 4. The van der Waals surface area contributed by atoms with Crippen LogP contribution in [0.15, 0.2) is 10.1 Å². The van der Waals surface area contributed by atoms with Crippen LogP contribution in [0.3, 0.4) is 0 Å². The molecular formula is C15H11Cl6NO4. The molecule has 0 N–H and O–H groups in total. The molecule has 5 rings (SSSR count). The Morgan fingerprint density at radius 3 is 1.77 bits per heavy atom. The highest BCUT2D eigenvalue weighted by Crippen LogP contribution is 2.81. The first kappa shape index (κ1) is 18.6. The van der Waals surface area contributed by atoms with Gasteiger partial charge in [0.2, 0.25) is 0 Å². The van der Waals surface area contributed by atoms with Gasteiger partial charge in [0.1, 0.15) is 9.75 Å². The Hall–Kier alpha value is 0.540. The molecular weight excluding hydrogens is 471 g/mol. The van der Waals surface area contributed by atoms with Crippen LogP contribution in [0.4, 0.5) is 0 Å². The van der Waals surface area contributed by atoms with Crippen LogP contribution in [-0.4, -0.2) is 49.8 Å². The van der Waals surface area contributed by atoms with Gasteiger partial charge in [-0.15, -0.1) is 23.2 Å². The normalized spacial score (nSPS) is 53.1. The summed E-state index contributed by atoms with van der Waals surface area (Å²) in [5.41, 5.74) is 0. The topological polar surface area (TPSA) is 55.8 Å². The molecule has 2 aliphatic carbocycles. The summed E-state index contributed by atoms with van der Waals surface area (Å²) >= 11 is 39.7. The van der Waals surface area contributed by atoms with E-state index in [-0.39, 0.29) is 16.7 Å². The molecule has 4 fully saturated rings. The minimum absolute atomic E-state index is 0.0632. The third-order valence-electron chi connectivity index (χ3n) is 6.40. The Morgan fingerprint density at radius 2 is 1.38 bits per heavy atom. The van der Waals surface area contributed by atoms with E-state index < -0.39 is 61.8 Å². The number of alkyl halides is 4. The molecule has 2 amide bonds. The van der Waals surface area contributed by atoms with E-state index in [0.29, 0.717) is 0 Å². The number of carbonyl (C=O) groups is 2. The fourth-order valence-corrected chi connectivity index (χ4v) is 8.59. The van der Waals surface area contributed by atoms with Crippen LogP contribution in [0.5, 0.6) is 0 Å². The Kier molecular flexibility index (Phi) is 3.69. The SMILES string of the molecule is CCON1C(=O)[C@H]2[C@@H]3O[C@@H]([C@@H]2C1=O)[C@@H]1[C@@H]3[C@@]2(Cl)C(Cl)=C(Cl)[C@@]1(Cl)C2(Cl)Cl. The van der Waals surface area contributed by atoms with Crippen molar-refractivity contribution in [2.45, 2.75) is 33.2 Å². The predicted octanol–water partition coefficient (Wildman–Crippen LogP) is 3.40. The number of fused-ring (bicyclic) bond motifs is 12. The summed E-state index contributed by atoms with van der Waals surface area (Å²) in [6, 6.07) is 0. The van der Waals surface area contributed by atoms with Gasteiger partial charge in [0.15, 0.2) is 4.33 Å². The van der Waals surface area contributed by atoms with E-state index in [0.717, 1.165) is 5.06 Å². The highest BCUT2D eigenvalue weighted by molar-refractivity contribution is 6.65. The van der Waals surface area contributed by atoms with E-state index in [1.165, 1.54) is 0 Å². The number of hydrogen-bond donors (Lipinski definition) is 0. The molecule has 3 aliphatic heterocycles. The first-order valence-corrected chi connectivity index (χ1v) is 10.3. The van der Waals surface area contributed by atoms with E-state index in [1.54, 1.807) is 6.92 Å². The zero-order valence-electron chi connectivity index (χ0n) is 13.0. The van der Waals surface area contributed by atoms with Gasteiger partial charge in [-0.25, -0.2) is 0 Å².